The van der Waals surface area contributed by atoms with Crippen LogP contribution in [0.1, 0.15) is 66.7 Å². The summed E-state index contributed by atoms with van der Waals surface area (Å²) in [5, 5.41) is 0. The van der Waals surface area contributed by atoms with Gasteiger partial charge in [0.1, 0.15) is 0 Å². The van der Waals surface area contributed by atoms with Gasteiger partial charge in [0, 0.05) is 13.1 Å². The van der Waals surface area contributed by atoms with Gasteiger partial charge in [-0.1, -0.05) is 47.5 Å². The van der Waals surface area contributed by atoms with E-state index in [1.165, 1.54) is 32.1 Å². The van der Waals surface area contributed by atoms with Crippen molar-refractivity contribution >= 4 is 0 Å². The number of ether oxygens (including phenoxy) is 1. The first kappa shape index (κ1) is 19.0. The number of nitrogens with zero attached hydrogens (tertiary/aromatic N) is 1. The van der Waals surface area contributed by atoms with E-state index in [4.69, 9.17) is 4.74 Å². The third-order valence-corrected chi connectivity index (χ3v) is 5.08. The van der Waals surface area contributed by atoms with Crippen LogP contribution in [0.2, 0.25) is 0 Å². The van der Waals surface area contributed by atoms with E-state index < -0.39 is 0 Å². The molecule has 126 valence electrons. The van der Waals surface area contributed by atoms with E-state index in [2.05, 4.69) is 46.6 Å². The zero-order valence-corrected chi connectivity index (χ0v) is 15.4. The number of likely N-dealkylation sites (N-methyl/N-ethyl adjacent to an activating group) is 1. The van der Waals surface area contributed by atoms with Gasteiger partial charge >= 0.3 is 0 Å². The normalized spacial score (nSPS) is 31.1. The molecular formula is C19H39NO. The Bertz CT molecular complexity index is 254. The SMILES string of the molecule is CC(C)CC1CN(C)CCO1.CC1CCC(C(C)C)CC1. The predicted molar refractivity (Wildman–Crippen MR) is 92.7 cm³/mol. The topological polar surface area (TPSA) is 12.5 Å². The van der Waals surface area contributed by atoms with E-state index >= 15 is 0 Å². The second-order valence-corrected chi connectivity index (χ2v) is 8.15. The van der Waals surface area contributed by atoms with Crippen LogP contribution in [-0.2, 0) is 4.74 Å². The summed E-state index contributed by atoms with van der Waals surface area (Å²) in [5.74, 6) is 3.73. The molecule has 21 heavy (non-hydrogen) atoms. The largest absolute Gasteiger partial charge is 0.376 e. The zero-order chi connectivity index (χ0) is 15.8. The van der Waals surface area contributed by atoms with Gasteiger partial charge in [0.2, 0.25) is 0 Å². The molecule has 2 aliphatic rings. The van der Waals surface area contributed by atoms with Gasteiger partial charge in [0.15, 0.2) is 0 Å². The lowest BCUT2D eigenvalue weighted by molar-refractivity contribution is -0.0288. The molecule has 1 aliphatic carbocycles. The molecule has 1 atom stereocenters. The molecule has 1 saturated heterocycles. The van der Waals surface area contributed by atoms with Crippen LogP contribution in [-0.4, -0.2) is 37.7 Å². The van der Waals surface area contributed by atoms with E-state index in [9.17, 15) is 0 Å². The molecule has 0 amide bonds. The van der Waals surface area contributed by atoms with Crippen LogP contribution >= 0.6 is 0 Å². The van der Waals surface area contributed by atoms with Crippen LogP contribution < -0.4 is 0 Å². The van der Waals surface area contributed by atoms with E-state index in [1.807, 2.05) is 0 Å². The lowest BCUT2D eigenvalue weighted by atomic mass is 9.78. The number of rotatable bonds is 3. The van der Waals surface area contributed by atoms with Crippen LogP contribution in [0.4, 0.5) is 0 Å². The maximum Gasteiger partial charge on any atom is 0.0704 e. The van der Waals surface area contributed by atoms with Crippen LogP contribution in [0, 0.1) is 23.7 Å². The van der Waals surface area contributed by atoms with Crippen molar-refractivity contribution in [2.24, 2.45) is 23.7 Å². The van der Waals surface area contributed by atoms with E-state index in [0.29, 0.717) is 6.10 Å². The third kappa shape index (κ3) is 8.21. The second-order valence-electron chi connectivity index (χ2n) is 8.15. The van der Waals surface area contributed by atoms with Crippen LogP contribution in [0.25, 0.3) is 0 Å². The molecule has 1 heterocycles. The van der Waals surface area contributed by atoms with Crippen molar-refractivity contribution in [3.8, 4) is 0 Å². The monoisotopic (exact) mass is 297 g/mol. The van der Waals surface area contributed by atoms with E-state index in [1.54, 1.807) is 0 Å². The Morgan fingerprint density at radius 1 is 1.05 bits per heavy atom. The Morgan fingerprint density at radius 3 is 2.14 bits per heavy atom. The fourth-order valence-electron chi connectivity index (χ4n) is 3.49. The highest BCUT2D eigenvalue weighted by Gasteiger charge is 2.20. The van der Waals surface area contributed by atoms with Crippen molar-refractivity contribution in [3.63, 3.8) is 0 Å². The van der Waals surface area contributed by atoms with Gasteiger partial charge in [-0.3, -0.25) is 0 Å². The Morgan fingerprint density at radius 2 is 1.67 bits per heavy atom. The fourth-order valence-corrected chi connectivity index (χ4v) is 3.49. The first-order valence-corrected chi connectivity index (χ1v) is 9.18. The number of hydrogen-bond donors (Lipinski definition) is 0. The summed E-state index contributed by atoms with van der Waals surface area (Å²) in [4.78, 5) is 2.34. The smallest absolute Gasteiger partial charge is 0.0704 e. The first-order valence-electron chi connectivity index (χ1n) is 9.18. The minimum Gasteiger partial charge on any atom is -0.376 e. The lowest BCUT2D eigenvalue weighted by Crippen LogP contribution is -2.40. The van der Waals surface area contributed by atoms with E-state index in [0.717, 1.165) is 43.4 Å². The Hall–Kier alpha value is -0.0800. The summed E-state index contributed by atoms with van der Waals surface area (Å²) in [6.45, 7) is 14.7. The van der Waals surface area contributed by atoms with Crippen molar-refractivity contribution in [1.82, 2.24) is 4.90 Å². The molecule has 0 N–H and O–H groups in total. The first-order chi connectivity index (χ1) is 9.88. The minimum atomic E-state index is 0.480. The van der Waals surface area contributed by atoms with Gasteiger partial charge in [-0.2, -0.15) is 0 Å². The molecular weight excluding hydrogens is 258 g/mol. The maximum absolute atomic E-state index is 5.62. The molecule has 1 unspecified atom stereocenters. The third-order valence-electron chi connectivity index (χ3n) is 5.08. The Kier molecular flexibility index (Phi) is 8.89. The average Bonchev–Trinajstić information content (AvgIpc) is 2.39. The summed E-state index contributed by atoms with van der Waals surface area (Å²) in [7, 11) is 2.16. The van der Waals surface area contributed by atoms with Crippen LogP contribution in [0.3, 0.4) is 0 Å². The summed E-state index contributed by atoms with van der Waals surface area (Å²) < 4.78 is 5.62. The highest BCUT2D eigenvalue weighted by Crippen LogP contribution is 2.32. The molecule has 0 spiro atoms. The molecule has 2 rings (SSSR count). The summed E-state index contributed by atoms with van der Waals surface area (Å²) in [5.41, 5.74) is 0. The highest BCUT2D eigenvalue weighted by molar-refractivity contribution is 4.72. The van der Waals surface area contributed by atoms with Crippen molar-refractivity contribution in [2.75, 3.05) is 26.7 Å². The minimum absolute atomic E-state index is 0.480. The lowest BCUT2D eigenvalue weighted by Gasteiger charge is -2.30. The molecule has 0 radical (unpaired) electrons. The molecule has 1 saturated carbocycles. The molecule has 0 aromatic carbocycles. The quantitative estimate of drug-likeness (QED) is 0.739. The van der Waals surface area contributed by atoms with Gasteiger partial charge in [-0.05, 0) is 50.0 Å². The Balaban J connectivity index is 0.000000211. The predicted octanol–water partition coefficient (Wildman–Crippen LogP) is 4.83. The molecule has 0 aromatic heterocycles. The summed E-state index contributed by atoms with van der Waals surface area (Å²) in [6.07, 6.45) is 7.60. The Labute approximate surface area is 133 Å². The van der Waals surface area contributed by atoms with Gasteiger partial charge < -0.3 is 9.64 Å². The van der Waals surface area contributed by atoms with Gasteiger partial charge in [0.05, 0.1) is 12.7 Å². The average molecular weight is 298 g/mol. The molecule has 2 fully saturated rings. The number of morpholine rings is 1. The maximum atomic E-state index is 5.62. The standard InChI is InChI=1S/C10H20.C9H19NO/c1-8(2)10-6-4-9(3)5-7-10;1-8(2)6-9-7-10(3)4-5-11-9/h8-10H,4-7H2,1-3H3;8-9H,4-7H2,1-3H3. The van der Waals surface area contributed by atoms with Crippen molar-refractivity contribution in [2.45, 2.75) is 72.8 Å². The van der Waals surface area contributed by atoms with Gasteiger partial charge in [0.25, 0.3) is 0 Å². The van der Waals surface area contributed by atoms with Gasteiger partial charge in [-0.15, -0.1) is 0 Å². The summed E-state index contributed by atoms with van der Waals surface area (Å²) in [6, 6.07) is 0. The van der Waals surface area contributed by atoms with Crippen molar-refractivity contribution in [1.29, 1.82) is 0 Å². The van der Waals surface area contributed by atoms with Crippen LogP contribution in [0.15, 0.2) is 0 Å². The van der Waals surface area contributed by atoms with Crippen molar-refractivity contribution < 1.29 is 4.74 Å². The summed E-state index contributed by atoms with van der Waals surface area (Å²) >= 11 is 0. The number of hydrogen-bond acceptors (Lipinski definition) is 2. The fraction of sp³-hybridized carbons (Fsp3) is 1.00. The zero-order valence-electron chi connectivity index (χ0n) is 15.4. The van der Waals surface area contributed by atoms with E-state index in [-0.39, 0.29) is 0 Å². The van der Waals surface area contributed by atoms with Crippen LogP contribution in [0.5, 0.6) is 0 Å². The molecule has 0 bridgehead atoms. The second kappa shape index (κ2) is 9.84. The molecule has 2 heteroatoms. The van der Waals surface area contributed by atoms with Gasteiger partial charge in [-0.25, -0.2) is 0 Å². The molecule has 0 aromatic rings. The van der Waals surface area contributed by atoms with Crippen molar-refractivity contribution in [3.05, 3.63) is 0 Å². The molecule has 2 nitrogen and oxygen atoms in total. The molecule has 1 aliphatic heterocycles. The highest BCUT2D eigenvalue weighted by atomic mass is 16.5.